The summed E-state index contributed by atoms with van der Waals surface area (Å²) in [4.78, 5) is 4.51. The summed E-state index contributed by atoms with van der Waals surface area (Å²) in [6.45, 7) is 2.91. The van der Waals surface area contributed by atoms with E-state index < -0.39 is 0 Å². The van der Waals surface area contributed by atoms with Gasteiger partial charge in [-0.3, -0.25) is 4.98 Å². The first-order valence-electron chi connectivity index (χ1n) is 6.54. The Bertz CT molecular complexity index is 522. The molecule has 0 spiro atoms. The Kier molecular flexibility index (Phi) is 3.11. The number of hydrogen-bond acceptors (Lipinski definition) is 2. The van der Waals surface area contributed by atoms with Crippen molar-refractivity contribution in [2.45, 2.75) is 31.8 Å². The highest BCUT2D eigenvalue weighted by Gasteiger charge is 2.37. The third kappa shape index (κ3) is 2.59. The lowest BCUT2D eigenvalue weighted by Crippen LogP contribution is -2.18. The molecule has 1 aliphatic rings. The molecule has 1 aromatic heterocycles. The molecule has 1 saturated carbocycles. The van der Waals surface area contributed by atoms with Crippen LogP contribution in [0.5, 0.6) is 0 Å². The number of benzene rings is 1. The van der Waals surface area contributed by atoms with E-state index in [9.17, 15) is 0 Å². The number of hydrogen-bond donors (Lipinski definition) is 1. The van der Waals surface area contributed by atoms with Crippen molar-refractivity contribution in [3.63, 3.8) is 0 Å². The van der Waals surface area contributed by atoms with Crippen molar-refractivity contribution in [2.24, 2.45) is 0 Å². The van der Waals surface area contributed by atoms with Crippen LogP contribution in [0.25, 0.3) is 0 Å². The molecule has 18 heavy (non-hydrogen) atoms. The highest BCUT2D eigenvalue weighted by molar-refractivity contribution is 5.27. The third-order valence-corrected chi connectivity index (χ3v) is 3.51. The zero-order valence-corrected chi connectivity index (χ0v) is 10.6. The van der Waals surface area contributed by atoms with Gasteiger partial charge >= 0.3 is 0 Å². The van der Waals surface area contributed by atoms with Crippen molar-refractivity contribution < 1.29 is 0 Å². The molecule has 2 heteroatoms. The average molecular weight is 238 g/mol. The summed E-state index contributed by atoms with van der Waals surface area (Å²) in [6.07, 6.45) is 1.25. The van der Waals surface area contributed by atoms with Crippen molar-refractivity contribution in [3.05, 3.63) is 65.5 Å². The zero-order chi connectivity index (χ0) is 12.4. The predicted octanol–water partition coefficient (Wildman–Crippen LogP) is 3.04. The van der Waals surface area contributed by atoms with E-state index >= 15 is 0 Å². The number of aromatic nitrogens is 1. The standard InChI is InChI=1S/C16H18N2/c1-12-6-5-9-14(18-12)11-17-16-10-15(16)13-7-3-2-4-8-13/h2-9,15-17H,10-11H2,1H3/t15-,16+/m0/s1. The van der Waals surface area contributed by atoms with Crippen molar-refractivity contribution >= 4 is 0 Å². The highest BCUT2D eigenvalue weighted by Crippen LogP contribution is 2.40. The molecule has 2 atom stereocenters. The molecule has 0 bridgehead atoms. The quantitative estimate of drug-likeness (QED) is 0.885. The monoisotopic (exact) mass is 238 g/mol. The number of nitrogens with zero attached hydrogens (tertiary/aromatic N) is 1. The second-order valence-corrected chi connectivity index (χ2v) is 5.01. The van der Waals surface area contributed by atoms with Gasteiger partial charge in [-0.05, 0) is 31.0 Å². The lowest BCUT2D eigenvalue weighted by molar-refractivity contribution is 0.659. The molecule has 92 valence electrons. The Morgan fingerprint density at radius 3 is 2.72 bits per heavy atom. The van der Waals surface area contributed by atoms with Crippen LogP contribution in [0.4, 0.5) is 0 Å². The Balaban J connectivity index is 1.55. The third-order valence-electron chi connectivity index (χ3n) is 3.51. The molecule has 2 aromatic rings. The van der Waals surface area contributed by atoms with Crippen LogP contribution in [0.3, 0.4) is 0 Å². The van der Waals surface area contributed by atoms with Crippen LogP contribution in [-0.4, -0.2) is 11.0 Å². The van der Waals surface area contributed by atoms with Crippen molar-refractivity contribution in [1.82, 2.24) is 10.3 Å². The Morgan fingerprint density at radius 2 is 1.94 bits per heavy atom. The summed E-state index contributed by atoms with van der Waals surface area (Å²) >= 11 is 0. The molecule has 1 aromatic carbocycles. The average Bonchev–Trinajstić information content (AvgIpc) is 3.17. The fraction of sp³-hybridized carbons (Fsp3) is 0.312. The van der Waals surface area contributed by atoms with Gasteiger partial charge < -0.3 is 5.32 Å². The molecule has 1 aliphatic carbocycles. The first-order chi connectivity index (χ1) is 8.83. The van der Waals surface area contributed by atoms with E-state index in [-0.39, 0.29) is 0 Å². The molecule has 0 aliphatic heterocycles. The molecule has 1 N–H and O–H groups in total. The Labute approximate surface area is 108 Å². The summed E-state index contributed by atoms with van der Waals surface area (Å²) in [5, 5.41) is 3.59. The summed E-state index contributed by atoms with van der Waals surface area (Å²) in [6, 6.07) is 17.6. The summed E-state index contributed by atoms with van der Waals surface area (Å²) in [5.74, 6) is 0.691. The van der Waals surface area contributed by atoms with E-state index in [0.717, 1.165) is 17.9 Å². The maximum Gasteiger partial charge on any atom is 0.0544 e. The highest BCUT2D eigenvalue weighted by atomic mass is 15.0. The molecule has 0 amide bonds. The van der Waals surface area contributed by atoms with Gasteiger partial charge in [-0.2, -0.15) is 0 Å². The van der Waals surface area contributed by atoms with Crippen LogP contribution in [0.1, 0.15) is 29.3 Å². The molecule has 2 nitrogen and oxygen atoms in total. The van der Waals surface area contributed by atoms with Crippen molar-refractivity contribution in [3.8, 4) is 0 Å². The summed E-state index contributed by atoms with van der Waals surface area (Å²) < 4.78 is 0. The van der Waals surface area contributed by atoms with E-state index in [0.29, 0.717) is 12.0 Å². The van der Waals surface area contributed by atoms with E-state index in [1.54, 1.807) is 0 Å². The SMILES string of the molecule is Cc1cccc(CN[C@@H]2C[C@H]2c2ccccc2)n1. The first kappa shape index (κ1) is 11.4. The smallest absolute Gasteiger partial charge is 0.0544 e. The van der Waals surface area contributed by atoms with Crippen LogP contribution in [0.2, 0.25) is 0 Å². The molecule has 0 saturated heterocycles. The maximum atomic E-state index is 4.51. The lowest BCUT2D eigenvalue weighted by atomic mass is 10.1. The van der Waals surface area contributed by atoms with Crippen molar-refractivity contribution in [2.75, 3.05) is 0 Å². The van der Waals surface area contributed by atoms with Gasteiger partial charge in [0.25, 0.3) is 0 Å². The lowest BCUT2D eigenvalue weighted by Gasteiger charge is -2.04. The largest absolute Gasteiger partial charge is 0.308 e. The van der Waals surface area contributed by atoms with Gasteiger partial charge in [0.05, 0.1) is 5.69 Å². The van der Waals surface area contributed by atoms with E-state index in [1.807, 2.05) is 13.0 Å². The summed E-state index contributed by atoms with van der Waals surface area (Å²) in [7, 11) is 0. The number of pyridine rings is 1. The minimum atomic E-state index is 0.620. The van der Waals surface area contributed by atoms with Crippen LogP contribution in [0.15, 0.2) is 48.5 Å². The zero-order valence-electron chi connectivity index (χ0n) is 10.6. The molecule has 3 rings (SSSR count). The second-order valence-electron chi connectivity index (χ2n) is 5.01. The van der Waals surface area contributed by atoms with E-state index in [4.69, 9.17) is 0 Å². The van der Waals surface area contributed by atoms with Crippen LogP contribution < -0.4 is 5.32 Å². The molecule has 1 heterocycles. The Morgan fingerprint density at radius 1 is 1.11 bits per heavy atom. The van der Waals surface area contributed by atoms with Gasteiger partial charge in [-0.15, -0.1) is 0 Å². The van der Waals surface area contributed by atoms with Gasteiger partial charge in [-0.25, -0.2) is 0 Å². The molecular formula is C16H18N2. The van der Waals surface area contributed by atoms with Gasteiger partial charge in [0.2, 0.25) is 0 Å². The van der Waals surface area contributed by atoms with Gasteiger partial charge in [0, 0.05) is 24.2 Å². The minimum Gasteiger partial charge on any atom is -0.308 e. The van der Waals surface area contributed by atoms with Gasteiger partial charge in [0.1, 0.15) is 0 Å². The Hall–Kier alpha value is -1.67. The predicted molar refractivity (Wildman–Crippen MR) is 73.4 cm³/mol. The number of aryl methyl sites for hydroxylation is 1. The van der Waals surface area contributed by atoms with Crippen molar-refractivity contribution in [1.29, 1.82) is 0 Å². The number of rotatable bonds is 4. The van der Waals surface area contributed by atoms with Gasteiger partial charge in [0.15, 0.2) is 0 Å². The summed E-state index contributed by atoms with van der Waals surface area (Å²) in [5.41, 5.74) is 3.67. The van der Waals surface area contributed by atoms with Crippen LogP contribution in [0, 0.1) is 6.92 Å². The van der Waals surface area contributed by atoms with Gasteiger partial charge in [-0.1, -0.05) is 36.4 Å². The normalized spacial score (nSPS) is 21.8. The fourth-order valence-electron chi connectivity index (χ4n) is 2.42. The molecular weight excluding hydrogens is 220 g/mol. The van der Waals surface area contributed by atoms with E-state index in [2.05, 4.69) is 52.8 Å². The first-order valence-corrected chi connectivity index (χ1v) is 6.54. The minimum absolute atomic E-state index is 0.620. The van der Waals surface area contributed by atoms with Crippen LogP contribution in [-0.2, 0) is 6.54 Å². The van der Waals surface area contributed by atoms with Crippen LogP contribution >= 0.6 is 0 Å². The topological polar surface area (TPSA) is 24.9 Å². The molecule has 0 radical (unpaired) electrons. The fourth-order valence-corrected chi connectivity index (χ4v) is 2.42. The molecule has 0 unspecified atom stereocenters. The second kappa shape index (κ2) is 4.91. The number of nitrogens with one attached hydrogen (secondary N) is 1. The molecule has 1 fully saturated rings. The van der Waals surface area contributed by atoms with E-state index in [1.165, 1.54) is 12.0 Å². The maximum absolute atomic E-state index is 4.51.